The summed E-state index contributed by atoms with van der Waals surface area (Å²) >= 11 is 0. The molecule has 1 aromatic carbocycles. The first kappa shape index (κ1) is 15.6. The molecule has 25 heavy (non-hydrogen) atoms. The van der Waals surface area contributed by atoms with E-state index in [0.717, 1.165) is 18.1 Å². The molecule has 6 nitrogen and oxygen atoms in total. The molecule has 7 heteroatoms. The van der Waals surface area contributed by atoms with E-state index in [-0.39, 0.29) is 17.5 Å². The molecule has 0 fully saturated rings. The van der Waals surface area contributed by atoms with Gasteiger partial charge in [-0.1, -0.05) is 19.1 Å². The van der Waals surface area contributed by atoms with Crippen molar-refractivity contribution in [2.45, 2.75) is 26.4 Å². The second kappa shape index (κ2) is 6.16. The molecule has 1 aliphatic heterocycles. The molecule has 128 valence electrons. The SMILES string of the molecule is CCc1nnc2n1CCN(C(=O)c1ccc(-c3ccccc3F)o1)C2. The van der Waals surface area contributed by atoms with Gasteiger partial charge in [0.1, 0.15) is 17.4 Å². The number of carbonyl (C=O) groups excluding carboxylic acids is 1. The number of rotatable bonds is 3. The normalized spacial score (nSPS) is 13.8. The van der Waals surface area contributed by atoms with Crippen LogP contribution < -0.4 is 0 Å². The Kier molecular flexibility index (Phi) is 3.83. The van der Waals surface area contributed by atoms with Crippen LogP contribution in [-0.4, -0.2) is 32.1 Å². The van der Waals surface area contributed by atoms with E-state index in [1.54, 1.807) is 35.2 Å². The van der Waals surface area contributed by atoms with Crippen LogP contribution in [-0.2, 0) is 19.5 Å². The number of aryl methyl sites for hydroxylation is 1. The molecule has 2 aromatic heterocycles. The summed E-state index contributed by atoms with van der Waals surface area (Å²) in [7, 11) is 0. The number of carbonyl (C=O) groups is 1. The molecule has 0 saturated carbocycles. The summed E-state index contributed by atoms with van der Waals surface area (Å²) in [5, 5.41) is 8.30. The van der Waals surface area contributed by atoms with Gasteiger partial charge in [0, 0.05) is 19.5 Å². The lowest BCUT2D eigenvalue weighted by Gasteiger charge is -2.27. The van der Waals surface area contributed by atoms with E-state index in [1.165, 1.54) is 6.07 Å². The third-order valence-corrected chi connectivity index (χ3v) is 4.39. The van der Waals surface area contributed by atoms with Gasteiger partial charge in [0.05, 0.1) is 12.1 Å². The van der Waals surface area contributed by atoms with Crippen molar-refractivity contribution in [1.82, 2.24) is 19.7 Å². The van der Waals surface area contributed by atoms with Gasteiger partial charge in [-0.15, -0.1) is 10.2 Å². The van der Waals surface area contributed by atoms with Crippen LogP contribution >= 0.6 is 0 Å². The molecule has 1 amide bonds. The third kappa shape index (κ3) is 2.71. The molecule has 3 heterocycles. The summed E-state index contributed by atoms with van der Waals surface area (Å²) in [6, 6.07) is 9.53. The van der Waals surface area contributed by atoms with Crippen molar-refractivity contribution >= 4 is 5.91 Å². The van der Waals surface area contributed by atoms with Gasteiger partial charge in [-0.3, -0.25) is 4.79 Å². The van der Waals surface area contributed by atoms with E-state index < -0.39 is 0 Å². The first-order valence-electron chi connectivity index (χ1n) is 8.22. The number of fused-ring (bicyclic) bond motifs is 1. The molecular weight excluding hydrogens is 323 g/mol. The molecule has 1 aliphatic rings. The average molecular weight is 340 g/mol. The van der Waals surface area contributed by atoms with E-state index in [1.807, 2.05) is 6.92 Å². The van der Waals surface area contributed by atoms with Crippen LogP contribution in [0.1, 0.15) is 29.1 Å². The minimum atomic E-state index is -0.381. The molecule has 0 unspecified atom stereocenters. The highest BCUT2D eigenvalue weighted by molar-refractivity contribution is 5.92. The van der Waals surface area contributed by atoms with Crippen molar-refractivity contribution in [3.63, 3.8) is 0 Å². The van der Waals surface area contributed by atoms with Gasteiger partial charge in [-0.25, -0.2) is 4.39 Å². The Labute approximate surface area is 143 Å². The van der Waals surface area contributed by atoms with Gasteiger partial charge in [0.25, 0.3) is 5.91 Å². The Morgan fingerprint density at radius 1 is 1.20 bits per heavy atom. The lowest BCUT2D eigenvalue weighted by molar-refractivity contribution is 0.0675. The van der Waals surface area contributed by atoms with Crippen molar-refractivity contribution in [3.8, 4) is 11.3 Å². The Morgan fingerprint density at radius 3 is 2.84 bits per heavy atom. The number of hydrogen-bond acceptors (Lipinski definition) is 4. The first-order chi connectivity index (χ1) is 12.2. The van der Waals surface area contributed by atoms with Gasteiger partial charge >= 0.3 is 0 Å². The van der Waals surface area contributed by atoms with Crippen LogP contribution in [0, 0.1) is 5.82 Å². The van der Waals surface area contributed by atoms with Crippen LogP contribution in [0.3, 0.4) is 0 Å². The fourth-order valence-corrected chi connectivity index (χ4v) is 3.07. The minimum Gasteiger partial charge on any atom is -0.451 e. The van der Waals surface area contributed by atoms with E-state index in [4.69, 9.17) is 4.42 Å². The zero-order chi connectivity index (χ0) is 17.4. The highest BCUT2D eigenvalue weighted by Gasteiger charge is 2.26. The first-order valence-corrected chi connectivity index (χ1v) is 8.22. The smallest absolute Gasteiger partial charge is 0.290 e. The second-order valence-corrected chi connectivity index (χ2v) is 5.91. The highest BCUT2D eigenvalue weighted by atomic mass is 19.1. The number of hydrogen-bond donors (Lipinski definition) is 0. The summed E-state index contributed by atoms with van der Waals surface area (Å²) in [6.07, 6.45) is 0.811. The monoisotopic (exact) mass is 340 g/mol. The molecule has 4 rings (SSSR count). The molecule has 0 radical (unpaired) electrons. The molecule has 0 bridgehead atoms. The predicted octanol–water partition coefficient (Wildman–Crippen LogP) is 2.90. The number of halogens is 1. The maximum absolute atomic E-state index is 13.9. The van der Waals surface area contributed by atoms with Crippen LogP contribution in [0.25, 0.3) is 11.3 Å². The zero-order valence-electron chi connectivity index (χ0n) is 13.8. The molecule has 0 aliphatic carbocycles. The molecule has 0 saturated heterocycles. The van der Waals surface area contributed by atoms with E-state index in [2.05, 4.69) is 14.8 Å². The molecular formula is C18H17FN4O2. The summed E-state index contributed by atoms with van der Waals surface area (Å²) in [5.41, 5.74) is 0.340. The summed E-state index contributed by atoms with van der Waals surface area (Å²) in [5.74, 6) is 1.64. The Bertz CT molecular complexity index is 931. The van der Waals surface area contributed by atoms with Gasteiger partial charge in [0.15, 0.2) is 11.6 Å². The van der Waals surface area contributed by atoms with E-state index in [9.17, 15) is 9.18 Å². The number of aromatic nitrogens is 3. The van der Waals surface area contributed by atoms with Crippen LogP contribution in [0.2, 0.25) is 0 Å². The molecule has 3 aromatic rings. The Morgan fingerprint density at radius 2 is 2.04 bits per heavy atom. The van der Waals surface area contributed by atoms with Crippen molar-refractivity contribution < 1.29 is 13.6 Å². The average Bonchev–Trinajstić information content (AvgIpc) is 3.28. The molecule has 0 spiro atoms. The number of furan rings is 1. The lowest BCUT2D eigenvalue weighted by atomic mass is 10.1. The number of amides is 1. The van der Waals surface area contributed by atoms with Crippen LogP contribution in [0.5, 0.6) is 0 Å². The largest absolute Gasteiger partial charge is 0.451 e. The number of benzene rings is 1. The maximum Gasteiger partial charge on any atom is 0.290 e. The fraction of sp³-hybridized carbons (Fsp3) is 0.278. The van der Waals surface area contributed by atoms with Crippen molar-refractivity contribution in [1.29, 1.82) is 0 Å². The van der Waals surface area contributed by atoms with E-state index in [0.29, 0.717) is 31.0 Å². The standard InChI is InChI=1S/C18H17FN4O2/c1-2-16-20-21-17-11-22(9-10-23(16)17)18(24)15-8-7-14(25-15)12-5-3-4-6-13(12)19/h3-8H,2,9-11H2,1H3. The Hall–Kier alpha value is -2.96. The van der Waals surface area contributed by atoms with Crippen LogP contribution in [0.15, 0.2) is 40.8 Å². The van der Waals surface area contributed by atoms with Gasteiger partial charge in [-0.2, -0.15) is 0 Å². The zero-order valence-corrected chi connectivity index (χ0v) is 13.8. The topological polar surface area (TPSA) is 64.2 Å². The van der Waals surface area contributed by atoms with Gasteiger partial charge in [-0.05, 0) is 24.3 Å². The van der Waals surface area contributed by atoms with Gasteiger partial charge < -0.3 is 13.9 Å². The minimum absolute atomic E-state index is 0.196. The predicted molar refractivity (Wildman–Crippen MR) is 88.2 cm³/mol. The summed E-state index contributed by atoms with van der Waals surface area (Å²) in [6.45, 7) is 3.65. The van der Waals surface area contributed by atoms with E-state index >= 15 is 0 Å². The summed E-state index contributed by atoms with van der Waals surface area (Å²) < 4.78 is 21.5. The fourth-order valence-electron chi connectivity index (χ4n) is 3.07. The maximum atomic E-state index is 13.9. The second-order valence-electron chi connectivity index (χ2n) is 5.91. The van der Waals surface area contributed by atoms with Crippen LogP contribution in [0.4, 0.5) is 4.39 Å². The van der Waals surface area contributed by atoms with Crippen molar-refractivity contribution in [2.24, 2.45) is 0 Å². The number of nitrogens with zero attached hydrogens (tertiary/aromatic N) is 4. The molecule has 0 N–H and O–H groups in total. The van der Waals surface area contributed by atoms with Crippen molar-refractivity contribution in [3.05, 3.63) is 59.6 Å². The third-order valence-electron chi connectivity index (χ3n) is 4.39. The lowest BCUT2D eigenvalue weighted by Crippen LogP contribution is -2.38. The quantitative estimate of drug-likeness (QED) is 0.735. The van der Waals surface area contributed by atoms with Crippen molar-refractivity contribution in [2.75, 3.05) is 6.54 Å². The Balaban J connectivity index is 1.55. The summed E-state index contributed by atoms with van der Waals surface area (Å²) in [4.78, 5) is 14.4. The molecule has 0 atom stereocenters. The van der Waals surface area contributed by atoms with Gasteiger partial charge in [0.2, 0.25) is 0 Å². The highest BCUT2D eigenvalue weighted by Crippen LogP contribution is 2.26.